The minimum atomic E-state index is -3.03. The van der Waals surface area contributed by atoms with Crippen molar-refractivity contribution in [2.24, 2.45) is 23.2 Å². The molecular formula is C24H46F2O2Si. The Labute approximate surface area is 179 Å². The number of hydrogen-bond donors (Lipinski definition) is 1. The summed E-state index contributed by atoms with van der Waals surface area (Å²) >= 11 is 0. The smallest absolute Gasteiger partial charge is 0.275 e. The van der Waals surface area contributed by atoms with Gasteiger partial charge in [-0.2, -0.15) is 0 Å². The minimum absolute atomic E-state index is 0.210. The maximum atomic E-state index is 14.3. The zero-order valence-electron chi connectivity index (χ0n) is 20.0. The van der Waals surface area contributed by atoms with Crippen molar-refractivity contribution < 1.29 is 18.3 Å². The van der Waals surface area contributed by atoms with Gasteiger partial charge in [0.2, 0.25) is 0 Å². The maximum absolute atomic E-state index is 14.3. The Bertz CT molecular complexity index is 521. The first-order chi connectivity index (χ1) is 13.4. The molecule has 0 spiro atoms. The number of rotatable bonds is 10. The molecule has 172 valence electrons. The molecule has 0 aromatic heterocycles. The highest BCUT2D eigenvalue weighted by atomic mass is 28.4. The number of hydrogen-bond acceptors (Lipinski definition) is 2. The third-order valence-electron chi connectivity index (χ3n) is 8.97. The van der Waals surface area contributed by atoms with Crippen LogP contribution in [-0.4, -0.2) is 31.1 Å². The molecule has 2 nitrogen and oxygen atoms in total. The van der Waals surface area contributed by atoms with Crippen LogP contribution < -0.4 is 0 Å². The van der Waals surface area contributed by atoms with Crippen molar-refractivity contribution in [2.45, 2.75) is 129 Å². The molecular weight excluding hydrogens is 386 g/mol. The highest BCUT2D eigenvalue weighted by molar-refractivity contribution is 6.73. The summed E-state index contributed by atoms with van der Waals surface area (Å²) in [7, 11) is -1.63. The van der Waals surface area contributed by atoms with E-state index in [4.69, 9.17) is 4.43 Å². The van der Waals surface area contributed by atoms with Crippen molar-refractivity contribution in [3.63, 3.8) is 0 Å². The van der Waals surface area contributed by atoms with Crippen molar-refractivity contribution in [3.05, 3.63) is 0 Å². The van der Waals surface area contributed by atoms with Crippen LogP contribution >= 0.6 is 0 Å². The molecule has 2 aliphatic rings. The number of fused-ring (bicyclic) bond motifs is 1. The molecule has 5 atom stereocenters. The SMILES string of the molecule is CC[Si](CC)(CC)O[C@H]1CCC[C@]2(C)C(C(C)CCC(F)(F)C(C)(C)O)CCC12. The number of aliphatic hydroxyl groups is 1. The Morgan fingerprint density at radius 3 is 2.21 bits per heavy atom. The first-order valence-electron chi connectivity index (χ1n) is 12.1. The summed E-state index contributed by atoms with van der Waals surface area (Å²) in [6.07, 6.45) is 6.51. The molecule has 5 heteroatoms. The van der Waals surface area contributed by atoms with Crippen LogP contribution in [0.4, 0.5) is 8.78 Å². The lowest BCUT2D eigenvalue weighted by molar-refractivity contribution is -0.168. The number of alkyl halides is 2. The molecule has 2 saturated carbocycles. The van der Waals surface area contributed by atoms with Gasteiger partial charge in [-0.1, -0.05) is 41.0 Å². The first kappa shape index (κ1) is 25.3. The fourth-order valence-corrected chi connectivity index (χ4v) is 9.40. The van der Waals surface area contributed by atoms with E-state index in [2.05, 4.69) is 34.6 Å². The Hall–Kier alpha value is -0.00312. The van der Waals surface area contributed by atoms with Crippen molar-refractivity contribution in [1.29, 1.82) is 0 Å². The predicted octanol–water partition coefficient (Wildman–Crippen LogP) is 7.42. The highest BCUT2D eigenvalue weighted by Gasteiger charge is 2.54. The Balaban J connectivity index is 2.09. The normalized spacial score (nSPS) is 32.3. The fraction of sp³-hybridized carbons (Fsp3) is 1.00. The summed E-state index contributed by atoms with van der Waals surface area (Å²) in [6.45, 7) is 13.9. The average Bonchev–Trinajstić information content (AvgIpc) is 3.01. The molecule has 1 N–H and O–H groups in total. The fourth-order valence-electron chi connectivity index (χ4n) is 6.47. The van der Waals surface area contributed by atoms with Gasteiger partial charge in [0.05, 0.1) is 0 Å². The van der Waals surface area contributed by atoms with Crippen molar-refractivity contribution in [1.82, 2.24) is 0 Å². The third-order valence-corrected chi connectivity index (χ3v) is 13.6. The monoisotopic (exact) mass is 432 g/mol. The van der Waals surface area contributed by atoms with Gasteiger partial charge < -0.3 is 9.53 Å². The van der Waals surface area contributed by atoms with Crippen LogP contribution in [0, 0.1) is 23.2 Å². The summed E-state index contributed by atoms with van der Waals surface area (Å²) in [5.74, 6) is -1.72. The van der Waals surface area contributed by atoms with E-state index in [-0.39, 0.29) is 17.8 Å². The summed E-state index contributed by atoms with van der Waals surface area (Å²) < 4.78 is 35.6. The van der Waals surface area contributed by atoms with Gasteiger partial charge in [-0.15, -0.1) is 0 Å². The van der Waals surface area contributed by atoms with E-state index >= 15 is 0 Å². The lowest BCUT2D eigenvalue weighted by Crippen LogP contribution is -2.48. The molecule has 0 aliphatic heterocycles. The van der Waals surface area contributed by atoms with Gasteiger partial charge in [-0.05, 0) is 87.3 Å². The average molecular weight is 433 g/mol. The van der Waals surface area contributed by atoms with Crippen LogP contribution in [-0.2, 0) is 4.43 Å². The highest BCUT2D eigenvalue weighted by Crippen LogP contribution is 2.59. The van der Waals surface area contributed by atoms with Crippen LogP contribution in [0.2, 0.25) is 18.1 Å². The van der Waals surface area contributed by atoms with Crippen LogP contribution in [0.1, 0.15) is 93.4 Å². The van der Waals surface area contributed by atoms with Crippen LogP contribution in [0.5, 0.6) is 0 Å². The Morgan fingerprint density at radius 2 is 1.69 bits per heavy atom. The summed E-state index contributed by atoms with van der Waals surface area (Å²) in [4.78, 5) is 0. The molecule has 0 radical (unpaired) electrons. The van der Waals surface area contributed by atoms with Gasteiger partial charge in [0.1, 0.15) is 5.60 Å². The topological polar surface area (TPSA) is 29.5 Å². The largest absolute Gasteiger partial charge is 0.414 e. The number of halogens is 2. The van der Waals surface area contributed by atoms with E-state index in [0.29, 0.717) is 24.4 Å². The van der Waals surface area contributed by atoms with Gasteiger partial charge in [-0.25, -0.2) is 8.78 Å². The Kier molecular flexibility index (Phi) is 8.05. The minimum Gasteiger partial charge on any atom is -0.414 e. The second kappa shape index (κ2) is 9.24. The molecule has 3 unspecified atom stereocenters. The van der Waals surface area contributed by atoms with Crippen molar-refractivity contribution in [2.75, 3.05) is 0 Å². The summed E-state index contributed by atoms with van der Waals surface area (Å²) in [5.41, 5.74) is -1.74. The van der Waals surface area contributed by atoms with Crippen molar-refractivity contribution >= 4 is 8.32 Å². The van der Waals surface area contributed by atoms with Crippen molar-refractivity contribution in [3.8, 4) is 0 Å². The van der Waals surface area contributed by atoms with E-state index in [1.54, 1.807) is 0 Å². The molecule has 29 heavy (non-hydrogen) atoms. The van der Waals surface area contributed by atoms with Gasteiger partial charge in [0.15, 0.2) is 8.32 Å². The van der Waals surface area contributed by atoms with Gasteiger partial charge in [0.25, 0.3) is 5.92 Å². The third kappa shape index (κ3) is 5.09. The van der Waals surface area contributed by atoms with E-state index in [1.807, 2.05) is 0 Å². The molecule has 0 aromatic rings. The molecule has 0 saturated heterocycles. The zero-order chi connectivity index (χ0) is 22.1. The van der Waals surface area contributed by atoms with Crippen LogP contribution in [0.3, 0.4) is 0 Å². The second-order valence-corrected chi connectivity index (χ2v) is 15.6. The summed E-state index contributed by atoms with van der Waals surface area (Å²) in [6, 6.07) is 3.56. The molecule has 0 heterocycles. The Morgan fingerprint density at radius 1 is 1.10 bits per heavy atom. The molecule has 2 rings (SSSR count). The van der Waals surface area contributed by atoms with Gasteiger partial charge in [-0.3, -0.25) is 0 Å². The maximum Gasteiger partial charge on any atom is 0.275 e. The van der Waals surface area contributed by atoms with Gasteiger partial charge in [0, 0.05) is 12.5 Å². The summed E-state index contributed by atoms with van der Waals surface area (Å²) in [5, 5.41) is 9.81. The standard InChI is InChI=1S/C24H46F2O2Si/c1-8-29(9-2,10-3)28-21-12-11-16-23(7)19(13-14-20(21)23)18(4)15-17-24(25,26)22(5,6)27/h18-21,27H,8-17H2,1-7H3/t18?,19?,20?,21-,23+/m0/s1. The van der Waals surface area contributed by atoms with Crippen LogP contribution in [0.15, 0.2) is 0 Å². The predicted molar refractivity (Wildman–Crippen MR) is 120 cm³/mol. The quantitative estimate of drug-likeness (QED) is 0.364. The van der Waals surface area contributed by atoms with E-state index < -0.39 is 19.8 Å². The molecule has 2 fully saturated rings. The zero-order valence-corrected chi connectivity index (χ0v) is 21.0. The van der Waals surface area contributed by atoms with E-state index in [1.165, 1.54) is 57.7 Å². The van der Waals surface area contributed by atoms with E-state index in [9.17, 15) is 13.9 Å². The lowest BCUT2D eigenvalue weighted by atomic mass is 9.61. The second-order valence-electron chi connectivity index (χ2n) is 10.9. The first-order valence-corrected chi connectivity index (χ1v) is 14.7. The molecule has 0 aromatic carbocycles. The van der Waals surface area contributed by atoms with Crippen LogP contribution in [0.25, 0.3) is 0 Å². The molecule has 2 aliphatic carbocycles. The molecule has 0 bridgehead atoms. The van der Waals surface area contributed by atoms with Gasteiger partial charge >= 0.3 is 0 Å². The van der Waals surface area contributed by atoms with E-state index in [0.717, 1.165) is 6.42 Å². The molecule has 0 amide bonds. The lowest BCUT2D eigenvalue weighted by Gasteiger charge is -2.49.